The van der Waals surface area contributed by atoms with E-state index in [1.54, 1.807) is 18.5 Å². The van der Waals surface area contributed by atoms with Crippen molar-refractivity contribution >= 4 is 17.9 Å². The highest BCUT2D eigenvalue weighted by Crippen LogP contribution is 2.10. The number of hydrogen-bond donors (Lipinski definition) is 2. The summed E-state index contributed by atoms with van der Waals surface area (Å²) in [4.78, 5) is 13.9. The number of nitrogens with zero attached hydrogens (tertiary/aromatic N) is 1. The first-order chi connectivity index (χ1) is 7.79. The first-order valence-electron chi connectivity index (χ1n) is 4.63. The summed E-state index contributed by atoms with van der Waals surface area (Å²) in [7, 11) is 0. The lowest BCUT2D eigenvalue weighted by Gasteiger charge is -2.07. The molecule has 0 amide bonds. The summed E-state index contributed by atoms with van der Waals surface area (Å²) in [6.07, 6.45) is 7.14. The normalized spacial score (nSPS) is 12.9. The predicted octanol–water partition coefficient (Wildman–Crippen LogP) is 2.19. The lowest BCUT2D eigenvalue weighted by molar-refractivity contribution is -0.136. The zero-order valence-corrected chi connectivity index (χ0v) is 9.35. The molecular weight excluding hydrogens is 224 g/mol. The number of carbonyl (C=O) groups is 1. The molecule has 2 N–H and O–H groups in total. The summed E-state index contributed by atoms with van der Waals surface area (Å²) in [5.74, 6) is -0.811. The van der Waals surface area contributed by atoms with Gasteiger partial charge in [-0.05, 0) is 35.6 Å². The van der Waals surface area contributed by atoms with Gasteiger partial charge in [0, 0.05) is 18.1 Å². The number of allylic oxidation sites excluding steroid dienone is 2. The SMILES string of the molecule is O=C(O)CC1=CC=CSN1.c1ccncc1. The van der Waals surface area contributed by atoms with Gasteiger partial charge in [-0.15, -0.1) is 0 Å². The van der Waals surface area contributed by atoms with Crippen molar-refractivity contribution in [2.24, 2.45) is 0 Å². The van der Waals surface area contributed by atoms with E-state index in [4.69, 9.17) is 5.11 Å². The maximum absolute atomic E-state index is 10.2. The van der Waals surface area contributed by atoms with Gasteiger partial charge in [-0.1, -0.05) is 12.1 Å². The highest BCUT2D eigenvalue weighted by atomic mass is 32.2. The summed E-state index contributed by atoms with van der Waals surface area (Å²) in [5.41, 5.74) is 0.736. The minimum atomic E-state index is -0.811. The van der Waals surface area contributed by atoms with Crippen LogP contribution in [-0.2, 0) is 4.79 Å². The molecule has 0 aromatic carbocycles. The van der Waals surface area contributed by atoms with Gasteiger partial charge in [-0.2, -0.15) is 0 Å². The Morgan fingerprint density at radius 2 is 2.12 bits per heavy atom. The Balaban J connectivity index is 0.000000181. The zero-order chi connectivity index (χ0) is 11.6. The van der Waals surface area contributed by atoms with Crippen LogP contribution in [0.5, 0.6) is 0 Å². The maximum atomic E-state index is 10.2. The van der Waals surface area contributed by atoms with E-state index in [2.05, 4.69) is 9.71 Å². The lowest BCUT2D eigenvalue weighted by Crippen LogP contribution is -2.09. The highest BCUT2D eigenvalue weighted by Gasteiger charge is 2.03. The van der Waals surface area contributed by atoms with Gasteiger partial charge in [0.15, 0.2) is 0 Å². The van der Waals surface area contributed by atoms with Crippen molar-refractivity contribution in [3.8, 4) is 0 Å². The minimum Gasteiger partial charge on any atom is -0.481 e. The summed E-state index contributed by atoms with van der Waals surface area (Å²) in [5, 5.41) is 10.2. The van der Waals surface area contributed by atoms with Crippen molar-refractivity contribution < 1.29 is 9.90 Å². The molecule has 5 heteroatoms. The van der Waals surface area contributed by atoms with Crippen molar-refractivity contribution in [1.29, 1.82) is 0 Å². The van der Waals surface area contributed by atoms with Gasteiger partial charge >= 0.3 is 5.97 Å². The van der Waals surface area contributed by atoms with Crippen LogP contribution in [-0.4, -0.2) is 16.1 Å². The number of carboxylic acid groups (broad SMARTS) is 1. The molecule has 2 rings (SSSR count). The average molecular weight is 236 g/mol. The fraction of sp³-hybridized carbons (Fsp3) is 0.0909. The van der Waals surface area contributed by atoms with Crippen LogP contribution in [0.1, 0.15) is 6.42 Å². The minimum absolute atomic E-state index is 0.0668. The Morgan fingerprint density at radius 1 is 1.38 bits per heavy atom. The summed E-state index contributed by atoms with van der Waals surface area (Å²) in [6, 6.07) is 5.72. The van der Waals surface area contributed by atoms with Crippen LogP contribution in [0.4, 0.5) is 0 Å². The van der Waals surface area contributed by atoms with Crippen LogP contribution in [0.3, 0.4) is 0 Å². The van der Waals surface area contributed by atoms with Gasteiger partial charge < -0.3 is 9.83 Å². The van der Waals surface area contributed by atoms with Crippen molar-refractivity contribution in [3.63, 3.8) is 0 Å². The molecule has 1 aliphatic heterocycles. The number of hydrogen-bond acceptors (Lipinski definition) is 4. The number of rotatable bonds is 2. The van der Waals surface area contributed by atoms with Crippen molar-refractivity contribution in [1.82, 2.24) is 9.71 Å². The Hall–Kier alpha value is -1.75. The van der Waals surface area contributed by atoms with Gasteiger partial charge in [0.1, 0.15) is 0 Å². The number of aliphatic carboxylic acids is 1. The highest BCUT2D eigenvalue weighted by molar-refractivity contribution is 8.00. The van der Waals surface area contributed by atoms with Gasteiger partial charge in [0.25, 0.3) is 0 Å². The second kappa shape index (κ2) is 7.53. The standard InChI is InChI=1S/C6H7NO2S.C5H5N/c8-6(9)4-5-2-1-3-10-7-5;1-2-4-6-5-3-1/h1-3,7H,4H2,(H,8,9);1-5H. The molecule has 0 saturated heterocycles. The summed E-state index contributed by atoms with van der Waals surface area (Å²) in [6.45, 7) is 0. The largest absolute Gasteiger partial charge is 0.481 e. The Labute approximate surface area is 98.2 Å². The molecule has 0 fully saturated rings. The molecule has 1 aliphatic rings. The summed E-state index contributed by atoms with van der Waals surface area (Å²) < 4.78 is 2.86. The summed E-state index contributed by atoms with van der Waals surface area (Å²) >= 11 is 1.38. The Kier molecular flexibility index (Phi) is 5.80. The number of nitrogens with one attached hydrogen (secondary N) is 1. The number of carboxylic acids is 1. The van der Waals surface area contributed by atoms with Crippen LogP contribution in [0.2, 0.25) is 0 Å². The van der Waals surface area contributed by atoms with Crippen LogP contribution in [0, 0.1) is 0 Å². The quantitative estimate of drug-likeness (QED) is 0.771. The first-order valence-corrected chi connectivity index (χ1v) is 5.51. The molecule has 0 unspecified atom stereocenters. The second-order valence-electron chi connectivity index (χ2n) is 2.84. The van der Waals surface area contributed by atoms with E-state index in [0.717, 1.165) is 5.70 Å². The van der Waals surface area contributed by atoms with E-state index in [0.29, 0.717) is 0 Å². The molecule has 4 nitrogen and oxygen atoms in total. The lowest BCUT2D eigenvalue weighted by atomic mass is 10.3. The molecule has 1 aromatic heterocycles. The van der Waals surface area contributed by atoms with E-state index < -0.39 is 5.97 Å². The number of aromatic nitrogens is 1. The fourth-order valence-corrected chi connectivity index (χ4v) is 1.43. The third-order valence-electron chi connectivity index (χ3n) is 1.54. The fourth-order valence-electron chi connectivity index (χ4n) is 0.909. The van der Waals surface area contributed by atoms with Crippen LogP contribution in [0.25, 0.3) is 0 Å². The van der Waals surface area contributed by atoms with Gasteiger partial charge in [0.05, 0.1) is 6.42 Å². The van der Waals surface area contributed by atoms with E-state index in [-0.39, 0.29) is 6.42 Å². The third kappa shape index (κ3) is 5.87. The Bertz CT molecular complexity index is 350. The molecule has 16 heavy (non-hydrogen) atoms. The van der Waals surface area contributed by atoms with Gasteiger partial charge in [-0.3, -0.25) is 9.78 Å². The monoisotopic (exact) mass is 236 g/mol. The predicted molar refractivity (Wildman–Crippen MR) is 64.4 cm³/mol. The smallest absolute Gasteiger partial charge is 0.309 e. The van der Waals surface area contributed by atoms with Crippen LogP contribution >= 0.6 is 11.9 Å². The van der Waals surface area contributed by atoms with Gasteiger partial charge in [0.2, 0.25) is 0 Å². The molecule has 0 radical (unpaired) electrons. The van der Waals surface area contributed by atoms with E-state index in [1.165, 1.54) is 11.9 Å². The molecule has 0 saturated carbocycles. The van der Waals surface area contributed by atoms with Crippen molar-refractivity contribution in [2.75, 3.05) is 0 Å². The Morgan fingerprint density at radius 3 is 2.50 bits per heavy atom. The molecule has 0 atom stereocenters. The first kappa shape index (κ1) is 12.3. The maximum Gasteiger partial charge on any atom is 0.309 e. The third-order valence-corrected chi connectivity index (χ3v) is 2.22. The van der Waals surface area contributed by atoms with E-state index in [9.17, 15) is 4.79 Å². The molecule has 2 heterocycles. The van der Waals surface area contributed by atoms with Crippen LogP contribution in [0.15, 0.2) is 53.8 Å². The topological polar surface area (TPSA) is 62.2 Å². The van der Waals surface area contributed by atoms with Gasteiger partial charge in [-0.25, -0.2) is 0 Å². The molecule has 1 aromatic rings. The second-order valence-corrected chi connectivity index (χ2v) is 3.55. The average Bonchev–Trinajstić information content (AvgIpc) is 2.32. The number of pyridine rings is 1. The molecule has 0 bridgehead atoms. The molecule has 0 aliphatic carbocycles. The van der Waals surface area contributed by atoms with E-state index in [1.807, 2.05) is 29.7 Å². The van der Waals surface area contributed by atoms with Crippen molar-refractivity contribution in [3.05, 3.63) is 53.8 Å². The van der Waals surface area contributed by atoms with Crippen molar-refractivity contribution in [2.45, 2.75) is 6.42 Å². The van der Waals surface area contributed by atoms with Crippen LogP contribution < -0.4 is 4.72 Å². The molecule has 0 spiro atoms. The molecule has 84 valence electrons. The van der Waals surface area contributed by atoms with E-state index >= 15 is 0 Å². The molecular formula is C11H12N2O2S. The zero-order valence-electron chi connectivity index (χ0n) is 8.54.